The van der Waals surface area contributed by atoms with Crippen molar-refractivity contribution in [3.63, 3.8) is 0 Å². The average molecular weight is 223 g/mol. The molecule has 16 heavy (non-hydrogen) atoms. The first-order valence-corrected chi connectivity index (χ1v) is 4.66. The van der Waals surface area contributed by atoms with Crippen LogP contribution < -0.4 is 0 Å². The predicted molar refractivity (Wildman–Crippen MR) is 54.3 cm³/mol. The molecule has 0 bridgehead atoms. The number of benzene rings is 1. The van der Waals surface area contributed by atoms with Crippen molar-refractivity contribution in [2.24, 2.45) is 0 Å². The number of halogens is 3. The van der Waals surface area contributed by atoms with E-state index in [9.17, 15) is 13.2 Å². The summed E-state index contributed by atoms with van der Waals surface area (Å²) < 4.78 is 39.8. The smallest absolute Gasteiger partial charge is 0.168 e. The Morgan fingerprint density at radius 2 is 1.81 bits per heavy atom. The molecule has 0 unspecified atom stereocenters. The standard InChI is InChI=1S/C12H8F3N/c1-7-5-10(14)12(16-6-7)8-3-2-4-9(13)11(8)15/h2-6H,1H3. The zero-order valence-electron chi connectivity index (χ0n) is 8.47. The highest BCUT2D eigenvalue weighted by Crippen LogP contribution is 2.25. The minimum absolute atomic E-state index is 0.169. The summed E-state index contributed by atoms with van der Waals surface area (Å²) in [5, 5.41) is 0. The van der Waals surface area contributed by atoms with Crippen LogP contribution in [-0.4, -0.2) is 4.98 Å². The van der Waals surface area contributed by atoms with E-state index in [1.807, 2.05) is 0 Å². The predicted octanol–water partition coefficient (Wildman–Crippen LogP) is 3.47. The van der Waals surface area contributed by atoms with Gasteiger partial charge in [0, 0.05) is 11.8 Å². The summed E-state index contributed by atoms with van der Waals surface area (Å²) in [7, 11) is 0. The Morgan fingerprint density at radius 3 is 2.50 bits per heavy atom. The lowest BCUT2D eigenvalue weighted by Gasteiger charge is -2.05. The molecule has 2 aromatic rings. The van der Waals surface area contributed by atoms with Crippen LogP contribution in [0.3, 0.4) is 0 Å². The van der Waals surface area contributed by atoms with Gasteiger partial charge in [-0.15, -0.1) is 0 Å². The van der Waals surface area contributed by atoms with Gasteiger partial charge in [-0.25, -0.2) is 13.2 Å². The van der Waals surface area contributed by atoms with Gasteiger partial charge in [-0.2, -0.15) is 0 Å². The minimum Gasteiger partial charge on any atom is -0.253 e. The van der Waals surface area contributed by atoms with Crippen LogP contribution in [-0.2, 0) is 0 Å². The molecule has 1 aromatic heterocycles. The van der Waals surface area contributed by atoms with E-state index >= 15 is 0 Å². The highest BCUT2D eigenvalue weighted by molar-refractivity contribution is 5.60. The SMILES string of the molecule is Cc1cnc(-c2cccc(F)c2F)c(F)c1. The third-order valence-electron chi connectivity index (χ3n) is 2.18. The van der Waals surface area contributed by atoms with Gasteiger partial charge in [0.2, 0.25) is 0 Å². The van der Waals surface area contributed by atoms with E-state index in [1.54, 1.807) is 6.92 Å². The van der Waals surface area contributed by atoms with Crippen LogP contribution in [0.5, 0.6) is 0 Å². The van der Waals surface area contributed by atoms with Gasteiger partial charge in [0.1, 0.15) is 11.5 Å². The number of nitrogens with zero attached hydrogens (tertiary/aromatic N) is 1. The molecule has 0 N–H and O–H groups in total. The van der Waals surface area contributed by atoms with Crippen molar-refractivity contribution < 1.29 is 13.2 Å². The second-order valence-corrected chi connectivity index (χ2v) is 3.44. The van der Waals surface area contributed by atoms with Crippen molar-refractivity contribution in [2.75, 3.05) is 0 Å². The fourth-order valence-electron chi connectivity index (χ4n) is 1.42. The highest BCUT2D eigenvalue weighted by Gasteiger charge is 2.14. The number of pyridine rings is 1. The number of rotatable bonds is 1. The third kappa shape index (κ3) is 1.78. The molecule has 1 nitrogen and oxygen atoms in total. The summed E-state index contributed by atoms with van der Waals surface area (Å²) in [6, 6.07) is 4.81. The molecule has 1 heterocycles. The lowest BCUT2D eigenvalue weighted by Crippen LogP contribution is -1.95. The number of aromatic nitrogens is 1. The normalized spacial score (nSPS) is 10.5. The van der Waals surface area contributed by atoms with Crippen molar-refractivity contribution in [1.82, 2.24) is 4.98 Å². The molecule has 4 heteroatoms. The van der Waals surface area contributed by atoms with Gasteiger partial charge in [-0.05, 0) is 30.7 Å². The van der Waals surface area contributed by atoms with Gasteiger partial charge in [0.05, 0.1) is 0 Å². The van der Waals surface area contributed by atoms with Gasteiger partial charge in [-0.3, -0.25) is 4.98 Å². The van der Waals surface area contributed by atoms with Gasteiger partial charge >= 0.3 is 0 Å². The first-order chi connectivity index (χ1) is 7.59. The van der Waals surface area contributed by atoms with Crippen LogP contribution in [0, 0.1) is 24.4 Å². The van der Waals surface area contributed by atoms with Crippen LogP contribution in [0.25, 0.3) is 11.3 Å². The molecule has 0 saturated heterocycles. The van der Waals surface area contributed by atoms with E-state index in [0.29, 0.717) is 5.56 Å². The Hall–Kier alpha value is -1.84. The Balaban J connectivity index is 2.63. The highest BCUT2D eigenvalue weighted by atomic mass is 19.2. The zero-order valence-corrected chi connectivity index (χ0v) is 8.47. The molecule has 0 atom stereocenters. The van der Waals surface area contributed by atoms with E-state index < -0.39 is 17.5 Å². The summed E-state index contributed by atoms with van der Waals surface area (Å²) in [5.41, 5.74) is 0.276. The zero-order chi connectivity index (χ0) is 11.7. The molecule has 1 aromatic carbocycles. The molecule has 0 aliphatic rings. The lowest BCUT2D eigenvalue weighted by atomic mass is 10.1. The molecule has 82 valence electrons. The number of hydrogen-bond acceptors (Lipinski definition) is 1. The maximum Gasteiger partial charge on any atom is 0.168 e. The number of aryl methyl sites for hydroxylation is 1. The topological polar surface area (TPSA) is 12.9 Å². The summed E-state index contributed by atoms with van der Waals surface area (Å²) in [6.07, 6.45) is 1.41. The average Bonchev–Trinajstić information content (AvgIpc) is 2.23. The molecular formula is C12H8F3N. The maximum atomic E-state index is 13.5. The number of hydrogen-bond donors (Lipinski definition) is 0. The van der Waals surface area contributed by atoms with E-state index in [4.69, 9.17) is 0 Å². The monoisotopic (exact) mass is 223 g/mol. The molecule has 0 fully saturated rings. The van der Waals surface area contributed by atoms with Crippen LogP contribution >= 0.6 is 0 Å². The largest absolute Gasteiger partial charge is 0.253 e. The van der Waals surface area contributed by atoms with Crippen LogP contribution in [0.2, 0.25) is 0 Å². The van der Waals surface area contributed by atoms with E-state index in [-0.39, 0.29) is 11.3 Å². The van der Waals surface area contributed by atoms with E-state index in [2.05, 4.69) is 4.98 Å². The van der Waals surface area contributed by atoms with Crippen LogP contribution in [0.1, 0.15) is 5.56 Å². The van der Waals surface area contributed by atoms with Crippen LogP contribution in [0.4, 0.5) is 13.2 Å². The summed E-state index contributed by atoms with van der Waals surface area (Å²) >= 11 is 0. The summed E-state index contributed by atoms with van der Waals surface area (Å²) in [4.78, 5) is 3.77. The molecular weight excluding hydrogens is 215 g/mol. The van der Waals surface area contributed by atoms with E-state index in [0.717, 1.165) is 6.07 Å². The molecule has 0 saturated carbocycles. The Morgan fingerprint density at radius 1 is 1.06 bits per heavy atom. The minimum atomic E-state index is -1.09. The van der Waals surface area contributed by atoms with Gasteiger partial charge in [0.25, 0.3) is 0 Å². The fourth-order valence-corrected chi connectivity index (χ4v) is 1.42. The van der Waals surface area contributed by atoms with Gasteiger partial charge in [0.15, 0.2) is 11.6 Å². The van der Waals surface area contributed by atoms with Crippen LogP contribution in [0.15, 0.2) is 30.5 Å². The second kappa shape index (κ2) is 3.96. The fraction of sp³-hybridized carbons (Fsp3) is 0.0833. The molecule has 0 amide bonds. The van der Waals surface area contributed by atoms with E-state index in [1.165, 1.54) is 24.4 Å². The third-order valence-corrected chi connectivity index (χ3v) is 2.18. The maximum absolute atomic E-state index is 13.5. The quantitative estimate of drug-likeness (QED) is 0.721. The molecule has 0 aliphatic heterocycles. The van der Waals surface area contributed by atoms with Crippen molar-refractivity contribution in [3.05, 3.63) is 53.5 Å². The van der Waals surface area contributed by atoms with Crippen molar-refractivity contribution in [1.29, 1.82) is 0 Å². The molecule has 0 radical (unpaired) electrons. The molecule has 0 aliphatic carbocycles. The van der Waals surface area contributed by atoms with Crippen molar-refractivity contribution >= 4 is 0 Å². The first kappa shape index (κ1) is 10.7. The Labute approximate surface area is 90.6 Å². The lowest BCUT2D eigenvalue weighted by molar-refractivity contribution is 0.509. The van der Waals surface area contributed by atoms with Crippen molar-refractivity contribution in [3.8, 4) is 11.3 Å². The molecule has 0 spiro atoms. The van der Waals surface area contributed by atoms with Crippen molar-refractivity contribution in [2.45, 2.75) is 6.92 Å². The second-order valence-electron chi connectivity index (χ2n) is 3.44. The van der Waals surface area contributed by atoms with Gasteiger partial charge in [-0.1, -0.05) is 6.07 Å². The summed E-state index contributed by atoms with van der Waals surface area (Å²) in [6.45, 7) is 1.67. The molecule has 2 rings (SSSR count). The summed E-state index contributed by atoms with van der Waals surface area (Å²) in [5.74, 6) is -2.76. The Kier molecular flexibility index (Phi) is 2.64. The Bertz CT molecular complexity index is 538. The first-order valence-electron chi connectivity index (χ1n) is 4.66. The van der Waals surface area contributed by atoms with Gasteiger partial charge < -0.3 is 0 Å².